The molecule has 0 aromatic heterocycles. The first kappa shape index (κ1) is 10.4. The van der Waals surface area contributed by atoms with Crippen molar-refractivity contribution in [2.45, 2.75) is 0 Å². The van der Waals surface area contributed by atoms with E-state index >= 15 is 0 Å². The third-order valence-electron chi connectivity index (χ3n) is 1.47. The van der Waals surface area contributed by atoms with Crippen LogP contribution in [-0.4, -0.2) is 13.1 Å². The van der Waals surface area contributed by atoms with Crippen LogP contribution in [0.25, 0.3) is 0 Å². The molecule has 76 valence electrons. The minimum Gasteiger partial charge on any atom is -0.341 e. The number of rotatable bonds is 1. The smallest absolute Gasteiger partial charge is 0.319 e. The fourth-order valence-corrected chi connectivity index (χ4v) is 0.838. The molecule has 0 aliphatic carbocycles. The number of anilines is 1. The van der Waals surface area contributed by atoms with E-state index in [1.165, 1.54) is 7.05 Å². The number of hydrogen-bond donors (Lipinski definition) is 2. The monoisotopic (exact) mass is 204 g/mol. The largest absolute Gasteiger partial charge is 0.341 e. The zero-order chi connectivity index (χ0) is 10.7. The third kappa shape index (κ3) is 2.15. The Morgan fingerprint density at radius 2 is 1.71 bits per heavy atom. The molecule has 0 fully saturated rings. The maximum atomic E-state index is 12.9. The maximum absolute atomic E-state index is 12.9. The second-order valence-corrected chi connectivity index (χ2v) is 2.45. The van der Waals surface area contributed by atoms with Gasteiger partial charge in [0.25, 0.3) is 0 Å². The van der Waals surface area contributed by atoms with Gasteiger partial charge in [0.1, 0.15) is 11.5 Å². The van der Waals surface area contributed by atoms with Gasteiger partial charge >= 0.3 is 6.03 Å². The summed E-state index contributed by atoms with van der Waals surface area (Å²) in [5, 5.41) is 3.99. The molecule has 0 heterocycles. The van der Waals surface area contributed by atoms with Crippen molar-refractivity contribution in [3.05, 3.63) is 29.6 Å². The normalized spacial score (nSPS) is 9.71. The fraction of sp³-hybridized carbons (Fsp3) is 0.125. The molecule has 3 nitrogen and oxygen atoms in total. The minimum atomic E-state index is -1.16. The van der Waals surface area contributed by atoms with Crippen LogP contribution in [0.2, 0.25) is 0 Å². The number of carbonyl (C=O) groups is 1. The van der Waals surface area contributed by atoms with Gasteiger partial charge in [0, 0.05) is 19.2 Å². The Hall–Kier alpha value is -1.72. The van der Waals surface area contributed by atoms with Crippen LogP contribution in [0.1, 0.15) is 0 Å². The number of benzene rings is 1. The second kappa shape index (κ2) is 3.99. The van der Waals surface area contributed by atoms with Crippen LogP contribution in [0, 0.1) is 17.5 Å². The summed E-state index contributed by atoms with van der Waals surface area (Å²) in [7, 11) is 1.29. The molecule has 0 aliphatic heterocycles. The Morgan fingerprint density at radius 1 is 1.21 bits per heavy atom. The summed E-state index contributed by atoms with van der Waals surface area (Å²) < 4.78 is 38.2. The first-order chi connectivity index (χ1) is 6.54. The van der Waals surface area contributed by atoms with Gasteiger partial charge in [-0.05, 0) is 0 Å². The molecule has 2 amide bonds. The quantitative estimate of drug-likeness (QED) is 0.720. The van der Waals surface area contributed by atoms with E-state index in [4.69, 9.17) is 0 Å². The van der Waals surface area contributed by atoms with E-state index < -0.39 is 29.2 Å². The van der Waals surface area contributed by atoms with Crippen LogP contribution in [0.5, 0.6) is 0 Å². The predicted octanol–water partition coefficient (Wildman–Crippen LogP) is 1.86. The summed E-state index contributed by atoms with van der Waals surface area (Å²) in [5.41, 5.74) is -0.675. The summed E-state index contributed by atoms with van der Waals surface area (Å²) in [4.78, 5) is 10.7. The molecule has 0 atom stereocenters. The molecule has 1 aromatic rings. The van der Waals surface area contributed by atoms with E-state index in [-0.39, 0.29) is 0 Å². The van der Waals surface area contributed by atoms with Crippen LogP contribution >= 0.6 is 0 Å². The fourth-order valence-electron chi connectivity index (χ4n) is 0.838. The van der Waals surface area contributed by atoms with Gasteiger partial charge < -0.3 is 10.6 Å². The first-order valence-corrected chi connectivity index (χ1v) is 3.68. The topological polar surface area (TPSA) is 41.1 Å². The van der Waals surface area contributed by atoms with Crippen LogP contribution in [0.4, 0.5) is 23.7 Å². The van der Waals surface area contributed by atoms with E-state index in [0.29, 0.717) is 12.1 Å². The van der Waals surface area contributed by atoms with Crippen LogP contribution < -0.4 is 10.6 Å². The van der Waals surface area contributed by atoms with Gasteiger partial charge in [-0.1, -0.05) is 0 Å². The molecule has 6 heteroatoms. The zero-order valence-electron chi connectivity index (χ0n) is 7.20. The number of nitrogens with one attached hydrogen (secondary N) is 2. The molecule has 0 aliphatic rings. The summed E-state index contributed by atoms with van der Waals surface area (Å²) >= 11 is 0. The Balaban J connectivity index is 3.02. The lowest BCUT2D eigenvalue weighted by Crippen LogP contribution is -2.25. The number of amides is 2. The molecule has 0 unspecified atom stereocenters. The average molecular weight is 204 g/mol. The van der Waals surface area contributed by atoms with Gasteiger partial charge in [0.15, 0.2) is 11.6 Å². The highest BCUT2D eigenvalue weighted by molar-refractivity contribution is 5.89. The van der Waals surface area contributed by atoms with Gasteiger partial charge in [0.05, 0.1) is 0 Å². The van der Waals surface area contributed by atoms with Crippen molar-refractivity contribution in [2.24, 2.45) is 0 Å². The summed E-state index contributed by atoms with van der Waals surface area (Å²) in [5.74, 6) is -3.36. The average Bonchev–Trinajstić information content (AvgIpc) is 2.10. The number of urea groups is 1. The lowest BCUT2D eigenvalue weighted by molar-refractivity contribution is 0.253. The Morgan fingerprint density at radius 3 is 2.14 bits per heavy atom. The van der Waals surface area contributed by atoms with Crippen LogP contribution in [0.15, 0.2) is 12.1 Å². The van der Waals surface area contributed by atoms with Crippen molar-refractivity contribution in [1.82, 2.24) is 5.32 Å². The van der Waals surface area contributed by atoms with Gasteiger partial charge in [-0.3, -0.25) is 0 Å². The number of halogens is 3. The molecule has 0 saturated heterocycles. The maximum Gasteiger partial charge on any atom is 0.319 e. The molecule has 14 heavy (non-hydrogen) atoms. The Bertz CT molecular complexity index is 345. The second-order valence-electron chi connectivity index (χ2n) is 2.45. The zero-order valence-corrected chi connectivity index (χ0v) is 7.20. The standard InChI is InChI=1S/C8H7F3N2O/c1-12-8(14)13-7-5(10)2-4(9)3-6(7)11/h2-3H,1H3,(H2,12,13,14). The highest BCUT2D eigenvalue weighted by Crippen LogP contribution is 2.19. The van der Waals surface area contributed by atoms with E-state index in [0.717, 1.165) is 0 Å². The summed E-state index contributed by atoms with van der Waals surface area (Å²) in [6.45, 7) is 0. The van der Waals surface area contributed by atoms with Crippen molar-refractivity contribution < 1.29 is 18.0 Å². The number of carbonyl (C=O) groups excluding carboxylic acids is 1. The van der Waals surface area contributed by atoms with Crippen LogP contribution in [-0.2, 0) is 0 Å². The van der Waals surface area contributed by atoms with E-state index in [2.05, 4.69) is 5.32 Å². The van der Waals surface area contributed by atoms with Crippen molar-refractivity contribution in [3.63, 3.8) is 0 Å². The number of hydrogen-bond acceptors (Lipinski definition) is 1. The molecule has 1 rings (SSSR count). The van der Waals surface area contributed by atoms with Crippen molar-refractivity contribution in [2.75, 3.05) is 12.4 Å². The lowest BCUT2D eigenvalue weighted by atomic mass is 10.3. The highest BCUT2D eigenvalue weighted by Gasteiger charge is 2.12. The van der Waals surface area contributed by atoms with E-state index in [1.807, 2.05) is 5.32 Å². The summed E-state index contributed by atoms with van der Waals surface area (Å²) in [6.07, 6.45) is 0. The van der Waals surface area contributed by atoms with Gasteiger partial charge in [-0.25, -0.2) is 18.0 Å². The molecule has 0 spiro atoms. The Kier molecular flexibility index (Phi) is 2.95. The van der Waals surface area contributed by atoms with Gasteiger partial charge in [-0.15, -0.1) is 0 Å². The molecule has 2 N–H and O–H groups in total. The van der Waals surface area contributed by atoms with E-state index in [1.54, 1.807) is 0 Å². The highest BCUT2D eigenvalue weighted by atomic mass is 19.1. The van der Waals surface area contributed by atoms with E-state index in [9.17, 15) is 18.0 Å². The lowest BCUT2D eigenvalue weighted by Gasteiger charge is -2.06. The summed E-state index contributed by atoms with van der Waals surface area (Å²) in [6, 6.07) is 0.178. The molecular weight excluding hydrogens is 197 g/mol. The third-order valence-corrected chi connectivity index (χ3v) is 1.47. The molecule has 0 radical (unpaired) electrons. The molecule has 0 bridgehead atoms. The SMILES string of the molecule is CNC(=O)Nc1c(F)cc(F)cc1F. The Labute approximate surface area is 77.9 Å². The van der Waals surface area contributed by atoms with Gasteiger partial charge in [0.2, 0.25) is 0 Å². The van der Waals surface area contributed by atoms with Gasteiger partial charge in [-0.2, -0.15) is 0 Å². The molecular formula is C8H7F3N2O. The van der Waals surface area contributed by atoms with Crippen molar-refractivity contribution in [1.29, 1.82) is 0 Å². The first-order valence-electron chi connectivity index (χ1n) is 3.68. The molecule has 0 saturated carbocycles. The van der Waals surface area contributed by atoms with Crippen LogP contribution in [0.3, 0.4) is 0 Å². The molecule has 1 aromatic carbocycles. The minimum absolute atomic E-state index is 0.481. The van der Waals surface area contributed by atoms with Crippen molar-refractivity contribution in [3.8, 4) is 0 Å². The predicted molar refractivity (Wildman–Crippen MR) is 44.4 cm³/mol. The van der Waals surface area contributed by atoms with Crippen molar-refractivity contribution >= 4 is 11.7 Å².